The van der Waals surface area contributed by atoms with Crippen molar-refractivity contribution in [1.29, 1.82) is 0 Å². The molecular weight excluding hydrogens is 330 g/mol. The number of hydrogen-bond acceptors (Lipinski definition) is 5. The van der Waals surface area contributed by atoms with Crippen LogP contribution in [0, 0.1) is 0 Å². The van der Waals surface area contributed by atoms with Crippen LogP contribution in [0.5, 0.6) is 11.5 Å². The smallest absolute Gasteiger partial charge is 0.227 e. The van der Waals surface area contributed by atoms with Gasteiger partial charge in [0, 0.05) is 45.1 Å². The molecule has 1 aromatic heterocycles. The maximum Gasteiger partial charge on any atom is 0.227 e. The van der Waals surface area contributed by atoms with Gasteiger partial charge in [0.25, 0.3) is 0 Å². The van der Waals surface area contributed by atoms with Gasteiger partial charge in [-0.2, -0.15) is 0 Å². The van der Waals surface area contributed by atoms with Crippen LogP contribution in [0.1, 0.15) is 11.1 Å². The monoisotopic (exact) mass is 355 g/mol. The Balaban J connectivity index is 1.52. The highest BCUT2D eigenvalue weighted by atomic mass is 16.5. The second-order valence-corrected chi connectivity index (χ2v) is 6.38. The molecule has 1 fully saturated rings. The molecule has 0 atom stereocenters. The van der Waals surface area contributed by atoms with Crippen molar-refractivity contribution in [3.8, 4) is 11.5 Å². The summed E-state index contributed by atoms with van der Waals surface area (Å²) in [6, 6.07) is 9.70. The minimum atomic E-state index is 0.154. The summed E-state index contributed by atoms with van der Waals surface area (Å²) in [6.07, 6.45) is 4.02. The van der Waals surface area contributed by atoms with Gasteiger partial charge in [-0.25, -0.2) is 0 Å². The highest BCUT2D eigenvalue weighted by Crippen LogP contribution is 2.27. The van der Waals surface area contributed by atoms with Gasteiger partial charge < -0.3 is 14.4 Å². The van der Waals surface area contributed by atoms with E-state index in [0.29, 0.717) is 17.9 Å². The Morgan fingerprint density at radius 3 is 2.31 bits per heavy atom. The average molecular weight is 355 g/mol. The Labute approximate surface area is 154 Å². The predicted octanol–water partition coefficient (Wildman–Crippen LogP) is 1.99. The van der Waals surface area contributed by atoms with Gasteiger partial charge in [0.2, 0.25) is 5.91 Å². The van der Waals surface area contributed by atoms with Crippen molar-refractivity contribution < 1.29 is 14.3 Å². The van der Waals surface area contributed by atoms with E-state index in [-0.39, 0.29) is 5.91 Å². The van der Waals surface area contributed by atoms with E-state index in [0.717, 1.165) is 38.3 Å². The number of carbonyl (C=O) groups excluding carboxylic acids is 1. The van der Waals surface area contributed by atoms with E-state index < -0.39 is 0 Å². The minimum Gasteiger partial charge on any atom is -0.493 e. The number of rotatable bonds is 6. The Bertz CT molecular complexity index is 728. The second-order valence-electron chi connectivity index (χ2n) is 6.38. The fourth-order valence-electron chi connectivity index (χ4n) is 3.18. The molecule has 1 saturated heterocycles. The predicted molar refractivity (Wildman–Crippen MR) is 99.3 cm³/mol. The van der Waals surface area contributed by atoms with Crippen LogP contribution in [-0.2, 0) is 17.8 Å². The summed E-state index contributed by atoms with van der Waals surface area (Å²) >= 11 is 0. The van der Waals surface area contributed by atoms with E-state index in [9.17, 15) is 4.79 Å². The number of piperazine rings is 1. The normalized spacial score (nSPS) is 14.9. The summed E-state index contributed by atoms with van der Waals surface area (Å²) in [5, 5.41) is 0. The molecule has 26 heavy (non-hydrogen) atoms. The molecular formula is C20H25N3O3. The summed E-state index contributed by atoms with van der Waals surface area (Å²) in [4.78, 5) is 21.0. The van der Waals surface area contributed by atoms with Crippen LogP contribution < -0.4 is 9.47 Å². The van der Waals surface area contributed by atoms with E-state index in [1.165, 1.54) is 5.56 Å². The number of methoxy groups -OCH3 is 2. The summed E-state index contributed by atoms with van der Waals surface area (Å²) in [6.45, 7) is 4.20. The number of ether oxygens (including phenoxy) is 2. The van der Waals surface area contributed by atoms with Crippen LogP contribution in [0.4, 0.5) is 0 Å². The van der Waals surface area contributed by atoms with Crippen molar-refractivity contribution in [2.24, 2.45) is 0 Å². The first-order chi connectivity index (χ1) is 12.7. The molecule has 0 bridgehead atoms. The molecule has 6 heteroatoms. The molecule has 1 aromatic carbocycles. The quantitative estimate of drug-likeness (QED) is 0.793. The van der Waals surface area contributed by atoms with Gasteiger partial charge in [0.15, 0.2) is 11.5 Å². The van der Waals surface area contributed by atoms with Gasteiger partial charge in [-0.15, -0.1) is 0 Å². The van der Waals surface area contributed by atoms with Gasteiger partial charge >= 0.3 is 0 Å². The van der Waals surface area contributed by atoms with Crippen LogP contribution in [0.2, 0.25) is 0 Å². The van der Waals surface area contributed by atoms with Crippen molar-refractivity contribution in [3.05, 3.63) is 53.9 Å². The molecule has 0 radical (unpaired) electrons. The van der Waals surface area contributed by atoms with Crippen molar-refractivity contribution in [2.75, 3.05) is 40.4 Å². The molecule has 2 heterocycles. The molecule has 0 spiro atoms. The lowest BCUT2D eigenvalue weighted by Gasteiger charge is -2.34. The number of amides is 1. The lowest BCUT2D eigenvalue weighted by molar-refractivity contribution is -0.132. The number of pyridine rings is 1. The van der Waals surface area contributed by atoms with Crippen molar-refractivity contribution in [2.45, 2.75) is 13.0 Å². The van der Waals surface area contributed by atoms with Crippen molar-refractivity contribution >= 4 is 5.91 Å². The van der Waals surface area contributed by atoms with Crippen molar-refractivity contribution in [3.63, 3.8) is 0 Å². The molecule has 1 aliphatic rings. The van der Waals surface area contributed by atoms with E-state index in [1.54, 1.807) is 14.2 Å². The SMILES string of the molecule is COc1ccc(CC(=O)N2CCN(Cc3ccncc3)CC2)cc1OC. The number of hydrogen-bond donors (Lipinski definition) is 0. The highest BCUT2D eigenvalue weighted by molar-refractivity contribution is 5.79. The molecule has 3 rings (SSSR count). The lowest BCUT2D eigenvalue weighted by Crippen LogP contribution is -2.48. The zero-order chi connectivity index (χ0) is 18.4. The molecule has 0 N–H and O–H groups in total. The summed E-state index contributed by atoms with van der Waals surface area (Å²) in [5.74, 6) is 1.48. The topological polar surface area (TPSA) is 54.9 Å². The first kappa shape index (κ1) is 18.2. The Morgan fingerprint density at radius 2 is 1.65 bits per heavy atom. The van der Waals surface area contributed by atoms with Crippen LogP contribution in [0.3, 0.4) is 0 Å². The van der Waals surface area contributed by atoms with E-state index in [2.05, 4.69) is 9.88 Å². The second kappa shape index (κ2) is 8.67. The Kier molecular flexibility index (Phi) is 6.07. The van der Waals surface area contributed by atoms with E-state index >= 15 is 0 Å². The molecule has 0 unspecified atom stereocenters. The summed E-state index contributed by atoms with van der Waals surface area (Å²) in [7, 11) is 3.21. The third kappa shape index (κ3) is 4.52. The largest absolute Gasteiger partial charge is 0.493 e. The maximum absolute atomic E-state index is 12.6. The third-order valence-corrected chi connectivity index (χ3v) is 4.68. The summed E-state index contributed by atoms with van der Waals surface area (Å²) < 4.78 is 10.6. The third-order valence-electron chi connectivity index (χ3n) is 4.68. The van der Waals surface area contributed by atoms with Crippen LogP contribution in [0.15, 0.2) is 42.7 Å². The van der Waals surface area contributed by atoms with Crippen LogP contribution in [0.25, 0.3) is 0 Å². The van der Waals surface area contributed by atoms with E-state index in [4.69, 9.17) is 9.47 Å². The number of nitrogens with zero attached hydrogens (tertiary/aromatic N) is 3. The number of benzene rings is 1. The van der Waals surface area contributed by atoms with Gasteiger partial charge in [-0.3, -0.25) is 14.7 Å². The van der Waals surface area contributed by atoms with Gasteiger partial charge in [-0.05, 0) is 35.4 Å². The number of aromatic nitrogens is 1. The molecule has 6 nitrogen and oxygen atoms in total. The van der Waals surface area contributed by atoms with Crippen LogP contribution >= 0.6 is 0 Å². The lowest BCUT2D eigenvalue weighted by atomic mass is 10.1. The average Bonchev–Trinajstić information content (AvgIpc) is 2.69. The zero-order valence-corrected chi connectivity index (χ0v) is 15.4. The fraction of sp³-hybridized carbons (Fsp3) is 0.400. The fourth-order valence-corrected chi connectivity index (χ4v) is 3.18. The maximum atomic E-state index is 12.6. The first-order valence-electron chi connectivity index (χ1n) is 8.79. The molecule has 0 aliphatic carbocycles. The Hall–Kier alpha value is -2.60. The van der Waals surface area contributed by atoms with Crippen molar-refractivity contribution in [1.82, 2.24) is 14.8 Å². The molecule has 2 aromatic rings. The van der Waals surface area contributed by atoms with Gasteiger partial charge in [0.05, 0.1) is 20.6 Å². The van der Waals surface area contributed by atoms with Gasteiger partial charge in [-0.1, -0.05) is 6.07 Å². The van der Waals surface area contributed by atoms with Gasteiger partial charge in [0.1, 0.15) is 0 Å². The number of carbonyl (C=O) groups is 1. The zero-order valence-electron chi connectivity index (χ0n) is 15.4. The first-order valence-corrected chi connectivity index (χ1v) is 8.79. The van der Waals surface area contributed by atoms with E-state index in [1.807, 2.05) is 47.6 Å². The molecule has 1 amide bonds. The highest BCUT2D eigenvalue weighted by Gasteiger charge is 2.21. The standard InChI is InChI=1S/C20H25N3O3/c1-25-18-4-3-17(13-19(18)26-2)14-20(24)23-11-9-22(10-12-23)15-16-5-7-21-8-6-16/h3-8,13H,9-12,14-15H2,1-2H3. The Morgan fingerprint density at radius 1 is 0.962 bits per heavy atom. The summed E-state index contributed by atoms with van der Waals surface area (Å²) in [5.41, 5.74) is 2.19. The molecule has 0 saturated carbocycles. The van der Waals surface area contributed by atoms with Crippen LogP contribution in [-0.4, -0.2) is 61.1 Å². The minimum absolute atomic E-state index is 0.154. The molecule has 138 valence electrons. The molecule has 1 aliphatic heterocycles.